The molecule has 2 rings (SSSR count). The standard InChI is InChI=1S/C16H18N2O5S2/c1-4-25(22,23)14-6-5-9-17-15(14)16(19)18-13-10-12(24(3,20)21)8-7-11(13)2/h5-10H,4H2,1-3H3,(H,18,19). The third-order valence-corrected chi connectivity index (χ3v) is 6.46. The van der Waals surface area contributed by atoms with E-state index >= 15 is 0 Å². The second kappa shape index (κ2) is 6.93. The first kappa shape index (κ1) is 19.1. The zero-order valence-electron chi connectivity index (χ0n) is 14.0. The molecule has 1 aromatic carbocycles. The van der Waals surface area contributed by atoms with Crippen molar-refractivity contribution in [1.29, 1.82) is 0 Å². The molecule has 2 aromatic rings. The molecule has 1 aromatic heterocycles. The number of benzene rings is 1. The molecule has 9 heteroatoms. The minimum atomic E-state index is -3.63. The highest BCUT2D eigenvalue weighted by molar-refractivity contribution is 7.91. The Bertz CT molecular complexity index is 1030. The summed E-state index contributed by atoms with van der Waals surface area (Å²) < 4.78 is 47.6. The smallest absolute Gasteiger partial charge is 0.275 e. The van der Waals surface area contributed by atoms with Crippen molar-refractivity contribution in [2.45, 2.75) is 23.6 Å². The molecule has 0 saturated heterocycles. The summed E-state index contributed by atoms with van der Waals surface area (Å²) in [6.45, 7) is 3.17. The Balaban J connectivity index is 2.46. The van der Waals surface area contributed by atoms with Crippen LogP contribution in [-0.2, 0) is 19.7 Å². The highest BCUT2D eigenvalue weighted by Crippen LogP contribution is 2.22. The Kier molecular flexibility index (Phi) is 5.28. The van der Waals surface area contributed by atoms with Crippen LogP contribution in [0.5, 0.6) is 0 Å². The topological polar surface area (TPSA) is 110 Å². The molecule has 0 aliphatic heterocycles. The second-order valence-electron chi connectivity index (χ2n) is 5.46. The van der Waals surface area contributed by atoms with E-state index in [1.807, 2.05) is 0 Å². The molecule has 134 valence electrons. The van der Waals surface area contributed by atoms with Gasteiger partial charge in [-0.2, -0.15) is 0 Å². The molecule has 0 atom stereocenters. The summed E-state index contributed by atoms with van der Waals surface area (Å²) in [6.07, 6.45) is 2.39. The summed E-state index contributed by atoms with van der Waals surface area (Å²) in [5.41, 5.74) is 0.684. The van der Waals surface area contributed by atoms with Gasteiger partial charge in [-0.1, -0.05) is 13.0 Å². The Morgan fingerprint density at radius 1 is 1.16 bits per heavy atom. The van der Waals surface area contributed by atoms with E-state index in [4.69, 9.17) is 0 Å². The Morgan fingerprint density at radius 3 is 2.44 bits per heavy atom. The van der Waals surface area contributed by atoms with Crippen molar-refractivity contribution in [2.24, 2.45) is 0 Å². The van der Waals surface area contributed by atoms with E-state index in [0.29, 0.717) is 5.56 Å². The van der Waals surface area contributed by atoms with Gasteiger partial charge in [-0.25, -0.2) is 21.8 Å². The molecule has 0 saturated carbocycles. The molecule has 0 spiro atoms. The molecule has 0 fully saturated rings. The lowest BCUT2D eigenvalue weighted by atomic mass is 10.2. The lowest BCUT2D eigenvalue weighted by Gasteiger charge is -2.12. The molecule has 0 unspecified atom stereocenters. The summed E-state index contributed by atoms with van der Waals surface area (Å²) >= 11 is 0. The monoisotopic (exact) mass is 382 g/mol. The number of carbonyl (C=O) groups is 1. The van der Waals surface area contributed by atoms with Crippen molar-refractivity contribution in [1.82, 2.24) is 4.98 Å². The van der Waals surface area contributed by atoms with E-state index < -0.39 is 25.6 Å². The maximum Gasteiger partial charge on any atom is 0.275 e. The van der Waals surface area contributed by atoms with Crippen LogP contribution in [0.4, 0.5) is 5.69 Å². The number of nitrogens with zero attached hydrogens (tertiary/aromatic N) is 1. The number of amides is 1. The highest BCUT2D eigenvalue weighted by Gasteiger charge is 2.22. The summed E-state index contributed by atoms with van der Waals surface area (Å²) in [4.78, 5) is 16.3. The van der Waals surface area contributed by atoms with Gasteiger partial charge in [0.25, 0.3) is 5.91 Å². The summed E-state index contributed by atoms with van der Waals surface area (Å²) in [5.74, 6) is -0.886. The molecular formula is C16H18N2O5S2. The van der Waals surface area contributed by atoms with Crippen molar-refractivity contribution in [2.75, 3.05) is 17.3 Å². The molecule has 1 amide bonds. The van der Waals surface area contributed by atoms with E-state index in [1.165, 1.54) is 37.4 Å². The SMILES string of the molecule is CCS(=O)(=O)c1cccnc1C(=O)Nc1cc(S(C)(=O)=O)ccc1C. The van der Waals surface area contributed by atoms with Gasteiger partial charge in [-0.3, -0.25) is 4.79 Å². The molecular weight excluding hydrogens is 364 g/mol. The van der Waals surface area contributed by atoms with E-state index in [0.717, 1.165) is 6.26 Å². The number of aryl methyl sites for hydroxylation is 1. The predicted octanol–water partition coefficient (Wildman–Crippen LogP) is 1.84. The molecule has 0 bridgehead atoms. The van der Waals surface area contributed by atoms with Crippen molar-refractivity contribution in [3.8, 4) is 0 Å². The van der Waals surface area contributed by atoms with Gasteiger partial charge in [0.15, 0.2) is 19.7 Å². The van der Waals surface area contributed by atoms with Crippen LogP contribution >= 0.6 is 0 Å². The predicted molar refractivity (Wildman–Crippen MR) is 94.2 cm³/mol. The van der Waals surface area contributed by atoms with Crippen LogP contribution in [0.3, 0.4) is 0 Å². The molecule has 0 aliphatic carbocycles. The van der Waals surface area contributed by atoms with Crippen molar-refractivity contribution >= 4 is 31.3 Å². The van der Waals surface area contributed by atoms with Crippen LogP contribution in [0.15, 0.2) is 46.3 Å². The third kappa shape index (κ3) is 4.23. The Hall–Kier alpha value is -2.26. The first-order valence-corrected chi connectivity index (χ1v) is 10.9. The fraction of sp³-hybridized carbons (Fsp3) is 0.250. The minimum Gasteiger partial charge on any atom is -0.320 e. The third-order valence-electron chi connectivity index (χ3n) is 3.59. The first-order chi connectivity index (χ1) is 11.6. The number of hydrogen-bond acceptors (Lipinski definition) is 6. The summed E-state index contributed by atoms with van der Waals surface area (Å²) in [6, 6.07) is 7.09. The number of rotatable bonds is 5. The van der Waals surface area contributed by atoms with Crippen molar-refractivity contribution in [3.05, 3.63) is 47.8 Å². The molecule has 1 heterocycles. The van der Waals surface area contributed by atoms with Gasteiger partial charge in [0.05, 0.1) is 15.5 Å². The molecule has 0 radical (unpaired) electrons. The minimum absolute atomic E-state index is 0.0517. The van der Waals surface area contributed by atoms with E-state index in [-0.39, 0.29) is 26.9 Å². The zero-order valence-corrected chi connectivity index (χ0v) is 15.6. The maximum atomic E-state index is 12.5. The fourth-order valence-corrected chi connectivity index (χ4v) is 3.80. The van der Waals surface area contributed by atoms with Gasteiger partial charge in [0.2, 0.25) is 0 Å². The average Bonchev–Trinajstić information content (AvgIpc) is 2.55. The van der Waals surface area contributed by atoms with Gasteiger partial charge in [0, 0.05) is 18.1 Å². The largest absolute Gasteiger partial charge is 0.320 e. The van der Waals surface area contributed by atoms with Gasteiger partial charge >= 0.3 is 0 Å². The summed E-state index contributed by atoms with van der Waals surface area (Å²) in [5, 5.41) is 2.55. The van der Waals surface area contributed by atoms with Crippen molar-refractivity contribution in [3.63, 3.8) is 0 Å². The van der Waals surface area contributed by atoms with Gasteiger partial charge in [-0.05, 0) is 36.8 Å². The van der Waals surface area contributed by atoms with Crippen LogP contribution in [0.1, 0.15) is 23.0 Å². The van der Waals surface area contributed by atoms with Crippen molar-refractivity contribution < 1.29 is 21.6 Å². The normalized spacial score (nSPS) is 12.0. The fourth-order valence-electron chi connectivity index (χ4n) is 2.12. The molecule has 0 aliphatic rings. The molecule has 7 nitrogen and oxygen atoms in total. The molecule has 1 N–H and O–H groups in total. The molecule has 25 heavy (non-hydrogen) atoms. The number of nitrogens with one attached hydrogen (secondary N) is 1. The quantitative estimate of drug-likeness (QED) is 0.845. The number of sulfone groups is 2. The second-order valence-corrected chi connectivity index (χ2v) is 9.72. The van der Waals surface area contributed by atoms with Crippen LogP contribution in [0.25, 0.3) is 0 Å². The van der Waals surface area contributed by atoms with E-state index in [1.54, 1.807) is 13.0 Å². The number of pyridine rings is 1. The van der Waals surface area contributed by atoms with Gasteiger partial charge in [0.1, 0.15) is 5.69 Å². The first-order valence-electron chi connectivity index (χ1n) is 7.36. The number of carbonyl (C=O) groups excluding carboxylic acids is 1. The maximum absolute atomic E-state index is 12.5. The summed E-state index contributed by atoms with van der Waals surface area (Å²) in [7, 11) is -7.07. The van der Waals surface area contributed by atoms with Crippen LogP contribution in [0, 0.1) is 6.92 Å². The van der Waals surface area contributed by atoms with E-state index in [9.17, 15) is 21.6 Å². The van der Waals surface area contributed by atoms with Gasteiger partial charge in [-0.15, -0.1) is 0 Å². The Morgan fingerprint density at radius 2 is 1.84 bits per heavy atom. The van der Waals surface area contributed by atoms with Gasteiger partial charge < -0.3 is 5.32 Å². The lowest BCUT2D eigenvalue weighted by molar-refractivity contribution is 0.101. The lowest BCUT2D eigenvalue weighted by Crippen LogP contribution is -2.19. The number of aromatic nitrogens is 1. The number of anilines is 1. The Labute approximate surface area is 146 Å². The van der Waals surface area contributed by atoms with E-state index in [2.05, 4.69) is 10.3 Å². The van der Waals surface area contributed by atoms with Crippen LogP contribution in [0.2, 0.25) is 0 Å². The average molecular weight is 382 g/mol. The van der Waals surface area contributed by atoms with Crippen LogP contribution < -0.4 is 5.32 Å². The highest BCUT2D eigenvalue weighted by atomic mass is 32.2. The zero-order chi connectivity index (χ0) is 18.8. The van der Waals surface area contributed by atoms with Crippen LogP contribution in [-0.4, -0.2) is 39.7 Å². The number of hydrogen-bond donors (Lipinski definition) is 1.